The predicted molar refractivity (Wildman–Crippen MR) is 97.5 cm³/mol. The summed E-state index contributed by atoms with van der Waals surface area (Å²) < 4.78 is 5.06. The number of benzene rings is 2. The van der Waals surface area contributed by atoms with E-state index in [1.165, 1.54) is 11.8 Å². The lowest BCUT2D eigenvalue weighted by atomic mass is 10.2. The number of aryl methyl sites for hydroxylation is 1. The van der Waals surface area contributed by atoms with Gasteiger partial charge in [0.2, 0.25) is 0 Å². The largest absolute Gasteiger partial charge is 0.455 e. The van der Waals surface area contributed by atoms with Crippen LogP contribution in [0.15, 0.2) is 53.4 Å². The van der Waals surface area contributed by atoms with Gasteiger partial charge in [0.15, 0.2) is 6.61 Å². The van der Waals surface area contributed by atoms with Gasteiger partial charge >= 0.3 is 5.97 Å². The number of nitrogens with one attached hydrogen (secondary N) is 1. The molecule has 2 aromatic carbocycles. The van der Waals surface area contributed by atoms with Crippen molar-refractivity contribution in [1.29, 1.82) is 0 Å². The minimum absolute atomic E-state index is 0.307. The molecule has 126 valence electrons. The first-order chi connectivity index (χ1) is 11.4. The average Bonchev–Trinajstić information content (AvgIpc) is 2.57. The monoisotopic (exact) mass is 363 g/mol. The molecule has 0 spiro atoms. The molecule has 1 atom stereocenters. The second kappa shape index (κ2) is 8.76. The highest BCUT2D eigenvalue weighted by Crippen LogP contribution is 2.25. The first-order valence-corrected chi connectivity index (χ1v) is 8.65. The van der Waals surface area contributed by atoms with E-state index in [0.717, 1.165) is 10.5 Å². The third-order valence-electron chi connectivity index (χ3n) is 3.14. The zero-order valence-electron chi connectivity index (χ0n) is 13.4. The van der Waals surface area contributed by atoms with E-state index in [0.29, 0.717) is 10.7 Å². The number of carbonyl (C=O) groups excluding carboxylic acids is 2. The molecule has 1 N–H and O–H groups in total. The molecule has 0 aliphatic carbocycles. The Kier molecular flexibility index (Phi) is 6.70. The molecule has 6 heteroatoms. The highest BCUT2D eigenvalue weighted by atomic mass is 35.5. The zero-order valence-corrected chi connectivity index (χ0v) is 15.0. The molecule has 0 aliphatic heterocycles. The van der Waals surface area contributed by atoms with Crippen LogP contribution in [0.4, 0.5) is 5.69 Å². The van der Waals surface area contributed by atoms with Gasteiger partial charge in [0.05, 0.1) is 0 Å². The van der Waals surface area contributed by atoms with Crippen LogP contribution in [0.25, 0.3) is 0 Å². The van der Waals surface area contributed by atoms with E-state index < -0.39 is 11.2 Å². The summed E-state index contributed by atoms with van der Waals surface area (Å²) in [4.78, 5) is 24.7. The van der Waals surface area contributed by atoms with Crippen molar-refractivity contribution in [1.82, 2.24) is 0 Å². The van der Waals surface area contributed by atoms with E-state index in [-0.39, 0.29) is 12.5 Å². The van der Waals surface area contributed by atoms with Crippen LogP contribution >= 0.6 is 23.4 Å². The van der Waals surface area contributed by atoms with Gasteiger partial charge in [0.25, 0.3) is 5.91 Å². The highest BCUT2D eigenvalue weighted by molar-refractivity contribution is 8.00. The summed E-state index contributed by atoms with van der Waals surface area (Å²) in [6.07, 6.45) is 0. The molecule has 2 aromatic rings. The van der Waals surface area contributed by atoms with Crippen molar-refractivity contribution < 1.29 is 14.3 Å². The lowest BCUT2D eigenvalue weighted by molar-refractivity contribution is -0.146. The third-order valence-corrected chi connectivity index (χ3v) is 4.48. The fraction of sp³-hybridized carbons (Fsp3) is 0.222. The molecule has 0 aliphatic rings. The maximum atomic E-state index is 12.0. The van der Waals surface area contributed by atoms with Crippen LogP contribution < -0.4 is 5.32 Å². The third kappa shape index (κ3) is 5.91. The van der Waals surface area contributed by atoms with E-state index in [1.54, 1.807) is 31.2 Å². The standard InChI is InChI=1S/C18H18ClNO3S/c1-12-3-7-15(8-4-12)20-17(21)11-23-18(22)13(2)24-16-9-5-14(19)6-10-16/h3-10,13H,11H2,1-2H3,(H,20,21)/t13-/m0/s1. The van der Waals surface area contributed by atoms with Crippen molar-refractivity contribution in [3.63, 3.8) is 0 Å². The predicted octanol–water partition coefficient (Wildman–Crippen LogP) is 4.31. The summed E-state index contributed by atoms with van der Waals surface area (Å²) in [5, 5.41) is 2.90. The van der Waals surface area contributed by atoms with Gasteiger partial charge < -0.3 is 10.1 Å². The van der Waals surface area contributed by atoms with E-state index in [1.807, 2.05) is 31.2 Å². The quantitative estimate of drug-likeness (QED) is 0.613. The summed E-state index contributed by atoms with van der Waals surface area (Å²) in [5.41, 5.74) is 1.78. The second-order valence-corrected chi connectivity index (χ2v) is 7.09. The Bertz CT molecular complexity index is 701. The van der Waals surface area contributed by atoms with E-state index in [9.17, 15) is 9.59 Å². The number of hydrogen-bond donors (Lipinski definition) is 1. The molecule has 24 heavy (non-hydrogen) atoms. The number of halogens is 1. The molecule has 0 unspecified atom stereocenters. The van der Waals surface area contributed by atoms with E-state index in [4.69, 9.17) is 16.3 Å². The molecular weight excluding hydrogens is 346 g/mol. The Morgan fingerprint density at radius 2 is 1.75 bits per heavy atom. The Labute approximate surface area is 150 Å². The van der Waals surface area contributed by atoms with Crippen LogP contribution in [-0.2, 0) is 14.3 Å². The number of anilines is 1. The minimum Gasteiger partial charge on any atom is -0.455 e. The maximum absolute atomic E-state index is 12.0. The van der Waals surface area contributed by atoms with Gasteiger partial charge in [-0.1, -0.05) is 29.3 Å². The van der Waals surface area contributed by atoms with Crippen LogP contribution in [-0.4, -0.2) is 23.7 Å². The number of rotatable bonds is 6. The van der Waals surface area contributed by atoms with Gasteiger partial charge in [-0.05, 0) is 50.2 Å². The van der Waals surface area contributed by atoms with Crippen LogP contribution in [0, 0.1) is 6.92 Å². The number of amides is 1. The summed E-state index contributed by atoms with van der Waals surface area (Å²) in [7, 11) is 0. The SMILES string of the molecule is Cc1ccc(NC(=O)COC(=O)[C@H](C)Sc2ccc(Cl)cc2)cc1. The summed E-state index contributed by atoms with van der Waals surface area (Å²) in [6, 6.07) is 14.6. The van der Waals surface area contributed by atoms with E-state index in [2.05, 4.69) is 5.32 Å². The molecule has 0 saturated heterocycles. The Morgan fingerprint density at radius 3 is 2.38 bits per heavy atom. The molecule has 0 fully saturated rings. The van der Waals surface area contributed by atoms with Gasteiger partial charge in [0, 0.05) is 15.6 Å². The molecule has 0 bridgehead atoms. The second-order valence-electron chi connectivity index (χ2n) is 5.24. The number of ether oxygens (including phenoxy) is 1. The van der Waals surface area contributed by atoms with Crippen molar-refractivity contribution in [2.75, 3.05) is 11.9 Å². The Morgan fingerprint density at radius 1 is 1.12 bits per heavy atom. The fourth-order valence-electron chi connectivity index (χ4n) is 1.85. The number of carbonyl (C=O) groups is 2. The molecular formula is C18H18ClNO3S. The van der Waals surface area contributed by atoms with Crippen molar-refractivity contribution in [2.24, 2.45) is 0 Å². The van der Waals surface area contributed by atoms with Crippen LogP contribution in [0.1, 0.15) is 12.5 Å². The normalized spacial score (nSPS) is 11.6. The van der Waals surface area contributed by atoms with Crippen molar-refractivity contribution in [2.45, 2.75) is 24.0 Å². The molecule has 0 heterocycles. The first kappa shape index (κ1) is 18.4. The Hall–Kier alpha value is -1.98. The summed E-state index contributed by atoms with van der Waals surface area (Å²) >= 11 is 7.18. The van der Waals surface area contributed by atoms with Crippen LogP contribution in [0.2, 0.25) is 5.02 Å². The van der Waals surface area contributed by atoms with Crippen molar-refractivity contribution in [3.8, 4) is 0 Å². The smallest absolute Gasteiger partial charge is 0.319 e. The molecule has 2 rings (SSSR count). The number of hydrogen-bond acceptors (Lipinski definition) is 4. The Balaban J connectivity index is 1.77. The van der Waals surface area contributed by atoms with Gasteiger partial charge in [0.1, 0.15) is 5.25 Å². The lowest BCUT2D eigenvalue weighted by Crippen LogP contribution is -2.24. The number of esters is 1. The first-order valence-electron chi connectivity index (χ1n) is 7.39. The molecule has 0 saturated carbocycles. The average molecular weight is 364 g/mol. The lowest BCUT2D eigenvalue weighted by Gasteiger charge is -2.11. The number of thioether (sulfide) groups is 1. The van der Waals surface area contributed by atoms with Crippen LogP contribution in [0.3, 0.4) is 0 Å². The zero-order chi connectivity index (χ0) is 17.5. The van der Waals surface area contributed by atoms with Crippen molar-refractivity contribution >= 4 is 40.9 Å². The summed E-state index contributed by atoms with van der Waals surface area (Å²) in [6.45, 7) is 3.39. The highest BCUT2D eigenvalue weighted by Gasteiger charge is 2.17. The topological polar surface area (TPSA) is 55.4 Å². The minimum atomic E-state index is -0.436. The maximum Gasteiger partial charge on any atom is 0.319 e. The van der Waals surface area contributed by atoms with Gasteiger partial charge in [-0.25, -0.2) is 0 Å². The van der Waals surface area contributed by atoms with Crippen LogP contribution in [0.5, 0.6) is 0 Å². The summed E-state index contributed by atoms with van der Waals surface area (Å²) in [5.74, 6) is -0.801. The van der Waals surface area contributed by atoms with Gasteiger partial charge in [-0.15, -0.1) is 11.8 Å². The molecule has 1 amide bonds. The molecule has 0 aromatic heterocycles. The van der Waals surface area contributed by atoms with Gasteiger partial charge in [-0.3, -0.25) is 9.59 Å². The fourth-order valence-corrected chi connectivity index (χ4v) is 2.85. The van der Waals surface area contributed by atoms with E-state index >= 15 is 0 Å². The molecule has 0 radical (unpaired) electrons. The van der Waals surface area contributed by atoms with Gasteiger partial charge in [-0.2, -0.15) is 0 Å². The molecule has 4 nitrogen and oxygen atoms in total. The van der Waals surface area contributed by atoms with Crippen molar-refractivity contribution in [3.05, 3.63) is 59.1 Å².